The number of aromatic nitrogens is 4. The van der Waals surface area contributed by atoms with E-state index in [4.69, 9.17) is 9.62 Å². The maximum Gasteiger partial charge on any atom is 0.234 e. The van der Waals surface area contributed by atoms with Crippen molar-refractivity contribution in [3.8, 4) is 11.3 Å². The van der Waals surface area contributed by atoms with E-state index in [0.717, 1.165) is 67.1 Å². The van der Waals surface area contributed by atoms with Crippen molar-refractivity contribution < 1.29 is 9.32 Å². The van der Waals surface area contributed by atoms with Crippen LogP contribution in [0.15, 0.2) is 22.9 Å². The molecule has 8 heteroatoms. The van der Waals surface area contributed by atoms with Crippen molar-refractivity contribution in [1.29, 1.82) is 0 Å². The van der Waals surface area contributed by atoms with Gasteiger partial charge in [0.15, 0.2) is 11.4 Å². The van der Waals surface area contributed by atoms with Crippen LogP contribution in [0.2, 0.25) is 0 Å². The van der Waals surface area contributed by atoms with Gasteiger partial charge in [0.1, 0.15) is 0 Å². The van der Waals surface area contributed by atoms with Gasteiger partial charge in [-0.05, 0) is 46.1 Å². The molecule has 0 spiro atoms. The first-order chi connectivity index (χ1) is 15.1. The molecule has 1 amide bonds. The zero-order chi connectivity index (χ0) is 21.4. The fourth-order valence-corrected chi connectivity index (χ4v) is 5.11. The minimum absolute atomic E-state index is 0.147. The summed E-state index contributed by atoms with van der Waals surface area (Å²) in [7, 11) is 0. The van der Waals surface area contributed by atoms with E-state index >= 15 is 0 Å². The van der Waals surface area contributed by atoms with E-state index in [2.05, 4.69) is 20.4 Å². The van der Waals surface area contributed by atoms with Gasteiger partial charge in [0.05, 0.1) is 29.2 Å². The highest BCUT2D eigenvalue weighted by atomic mass is 16.5. The molecule has 2 aliphatic rings. The van der Waals surface area contributed by atoms with Crippen LogP contribution in [-0.4, -0.2) is 56.2 Å². The van der Waals surface area contributed by atoms with Crippen molar-refractivity contribution in [3.05, 3.63) is 35.4 Å². The van der Waals surface area contributed by atoms with Gasteiger partial charge < -0.3 is 9.84 Å². The van der Waals surface area contributed by atoms with Gasteiger partial charge in [0.25, 0.3) is 0 Å². The number of carbonyl (C=O) groups is 1. The number of nitrogens with zero attached hydrogens (tertiary/aromatic N) is 5. The highest BCUT2D eigenvalue weighted by Gasteiger charge is 2.29. The predicted molar refractivity (Wildman–Crippen MR) is 117 cm³/mol. The molecule has 8 nitrogen and oxygen atoms in total. The molecule has 164 valence electrons. The minimum atomic E-state index is 0.147. The second-order valence-electron chi connectivity index (χ2n) is 9.07. The van der Waals surface area contributed by atoms with Crippen LogP contribution in [0.1, 0.15) is 61.5 Å². The summed E-state index contributed by atoms with van der Waals surface area (Å²) in [6.45, 7) is 6.11. The van der Waals surface area contributed by atoms with Gasteiger partial charge in [-0.3, -0.25) is 9.69 Å². The molecule has 0 bridgehead atoms. The van der Waals surface area contributed by atoms with Crippen LogP contribution in [0.4, 0.5) is 0 Å². The number of piperidine rings is 1. The van der Waals surface area contributed by atoms with Crippen LogP contribution < -0.4 is 5.32 Å². The largest absolute Gasteiger partial charge is 0.356 e. The number of nitrogens with one attached hydrogen (secondary N) is 1. The number of carbonyl (C=O) groups excluding carboxylic acids is 1. The Bertz CT molecular complexity index is 1080. The van der Waals surface area contributed by atoms with E-state index in [1.807, 2.05) is 36.7 Å². The van der Waals surface area contributed by atoms with Crippen molar-refractivity contribution >= 4 is 11.6 Å². The summed E-state index contributed by atoms with van der Waals surface area (Å²) in [5.74, 6) is 1.10. The minimum Gasteiger partial charge on any atom is -0.356 e. The molecule has 1 saturated carbocycles. The van der Waals surface area contributed by atoms with Crippen molar-refractivity contribution in [2.24, 2.45) is 0 Å². The van der Waals surface area contributed by atoms with E-state index < -0.39 is 0 Å². The smallest absolute Gasteiger partial charge is 0.234 e. The van der Waals surface area contributed by atoms with Gasteiger partial charge >= 0.3 is 0 Å². The Hall–Kier alpha value is -2.74. The molecular formula is C23H30N6O2. The maximum absolute atomic E-state index is 12.6. The van der Waals surface area contributed by atoms with Crippen LogP contribution in [0.5, 0.6) is 0 Å². The average molecular weight is 423 g/mol. The first-order valence-electron chi connectivity index (χ1n) is 11.4. The van der Waals surface area contributed by atoms with Crippen molar-refractivity contribution in [2.45, 2.75) is 64.3 Å². The zero-order valence-corrected chi connectivity index (χ0v) is 18.3. The monoisotopic (exact) mass is 422 g/mol. The summed E-state index contributed by atoms with van der Waals surface area (Å²) in [5, 5.41) is 12.0. The lowest BCUT2D eigenvalue weighted by Gasteiger charge is -2.33. The van der Waals surface area contributed by atoms with Gasteiger partial charge in [0.2, 0.25) is 5.91 Å². The zero-order valence-electron chi connectivity index (χ0n) is 18.3. The molecule has 1 unspecified atom stereocenters. The van der Waals surface area contributed by atoms with Crippen LogP contribution in [0, 0.1) is 13.8 Å². The molecule has 1 saturated heterocycles. The van der Waals surface area contributed by atoms with Gasteiger partial charge in [0, 0.05) is 36.8 Å². The SMILES string of the molecule is Cc1cc(-c2cnc3cc(C)nn3c2C2CCCN(CC(=O)NC3CCCC3)C2)on1. The second kappa shape index (κ2) is 8.42. The Morgan fingerprint density at radius 3 is 2.77 bits per heavy atom. The van der Waals surface area contributed by atoms with Gasteiger partial charge in [-0.1, -0.05) is 18.0 Å². The summed E-state index contributed by atoms with van der Waals surface area (Å²) >= 11 is 0. The lowest BCUT2D eigenvalue weighted by molar-refractivity contribution is -0.123. The molecule has 2 fully saturated rings. The number of likely N-dealkylation sites (tertiary alicyclic amines) is 1. The molecule has 4 heterocycles. The third-order valence-corrected chi connectivity index (χ3v) is 6.52. The van der Waals surface area contributed by atoms with E-state index in [-0.39, 0.29) is 11.8 Å². The lowest BCUT2D eigenvalue weighted by Crippen LogP contribution is -2.44. The highest BCUT2D eigenvalue weighted by molar-refractivity contribution is 5.78. The third-order valence-electron chi connectivity index (χ3n) is 6.52. The summed E-state index contributed by atoms with van der Waals surface area (Å²) in [4.78, 5) is 19.5. The van der Waals surface area contributed by atoms with Crippen molar-refractivity contribution in [2.75, 3.05) is 19.6 Å². The molecular weight excluding hydrogens is 392 g/mol. The van der Waals surface area contributed by atoms with Crippen LogP contribution in [0.25, 0.3) is 17.0 Å². The highest BCUT2D eigenvalue weighted by Crippen LogP contribution is 2.35. The molecule has 3 aromatic heterocycles. The fourth-order valence-electron chi connectivity index (χ4n) is 5.11. The molecule has 1 aliphatic carbocycles. The first kappa shape index (κ1) is 20.2. The number of hydrogen-bond acceptors (Lipinski definition) is 6. The molecule has 0 aromatic carbocycles. The topological polar surface area (TPSA) is 88.6 Å². The molecule has 1 N–H and O–H groups in total. The quantitative estimate of drug-likeness (QED) is 0.679. The van der Waals surface area contributed by atoms with Crippen LogP contribution >= 0.6 is 0 Å². The summed E-state index contributed by atoms with van der Waals surface area (Å²) in [6, 6.07) is 4.30. The van der Waals surface area contributed by atoms with Gasteiger partial charge in [-0.2, -0.15) is 5.10 Å². The maximum atomic E-state index is 12.6. The Labute approximate surface area is 182 Å². The first-order valence-corrected chi connectivity index (χ1v) is 11.4. The number of rotatable bonds is 5. The fraction of sp³-hybridized carbons (Fsp3) is 0.565. The molecule has 31 heavy (non-hydrogen) atoms. The normalized spacial score (nSPS) is 20.5. The van der Waals surface area contributed by atoms with Crippen molar-refractivity contribution in [1.82, 2.24) is 30.0 Å². The van der Waals surface area contributed by atoms with Crippen LogP contribution in [-0.2, 0) is 4.79 Å². The van der Waals surface area contributed by atoms with Gasteiger partial charge in [-0.15, -0.1) is 0 Å². The summed E-state index contributed by atoms with van der Waals surface area (Å²) in [6.07, 6.45) is 8.63. The number of amides is 1. The molecule has 0 radical (unpaired) electrons. The van der Waals surface area contributed by atoms with Crippen molar-refractivity contribution in [3.63, 3.8) is 0 Å². The second-order valence-corrected chi connectivity index (χ2v) is 9.07. The van der Waals surface area contributed by atoms with Crippen LogP contribution in [0.3, 0.4) is 0 Å². The molecule has 1 aliphatic heterocycles. The Balaban J connectivity index is 1.41. The predicted octanol–water partition coefficient (Wildman–Crippen LogP) is 3.24. The third kappa shape index (κ3) is 4.21. The van der Waals surface area contributed by atoms with E-state index in [9.17, 15) is 4.79 Å². The number of fused-ring (bicyclic) bond motifs is 1. The standard InChI is InChI=1S/C23H30N6O2/c1-15-11-21-24-12-19(20-10-16(2)27-31-20)23(29(21)26-15)17-6-5-9-28(13-17)14-22(30)25-18-7-3-4-8-18/h10-12,17-18H,3-9,13-14H2,1-2H3,(H,25,30). The Morgan fingerprint density at radius 1 is 1.16 bits per heavy atom. The summed E-state index contributed by atoms with van der Waals surface area (Å²) in [5.41, 5.74) is 4.63. The van der Waals surface area contributed by atoms with E-state index in [0.29, 0.717) is 18.3 Å². The molecule has 3 aromatic rings. The number of aryl methyl sites for hydroxylation is 2. The molecule has 1 atom stereocenters. The average Bonchev–Trinajstić information content (AvgIpc) is 3.48. The Morgan fingerprint density at radius 2 is 2.00 bits per heavy atom. The summed E-state index contributed by atoms with van der Waals surface area (Å²) < 4.78 is 7.55. The van der Waals surface area contributed by atoms with E-state index in [1.165, 1.54) is 12.8 Å². The van der Waals surface area contributed by atoms with Gasteiger partial charge in [-0.25, -0.2) is 9.50 Å². The Kier molecular flexibility index (Phi) is 5.48. The molecule has 5 rings (SSSR count). The van der Waals surface area contributed by atoms with E-state index in [1.54, 1.807) is 0 Å². The lowest BCUT2D eigenvalue weighted by atomic mass is 9.91. The number of hydrogen-bond donors (Lipinski definition) is 1.